The van der Waals surface area contributed by atoms with Gasteiger partial charge in [0.05, 0.1) is 0 Å². The smallest absolute Gasteiger partial charge is 0.0429 e. The minimum atomic E-state index is 0.969. The third kappa shape index (κ3) is 3.48. The van der Waals surface area contributed by atoms with Crippen LogP contribution < -0.4 is 4.90 Å². The van der Waals surface area contributed by atoms with Gasteiger partial charge in [0.1, 0.15) is 0 Å². The largest absolute Gasteiger partial charge is 0.367 e. The molecule has 0 N–H and O–H groups in total. The van der Waals surface area contributed by atoms with E-state index in [0.717, 1.165) is 13.1 Å². The van der Waals surface area contributed by atoms with Crippen LogP contribution in [-0.4, -0.2) is 6.54 Å². The van der Waals surface area contributed by atoms with Gasteiger partial charge in [-0.25, -0.2) is 0 Å². The van der Waals surface area contributed by atoms with Gasteiger partial charge in [-0.2, -0.15) is 0 Å². The van der Waals surface area contributed by atoms with E-state index < -0.39 is 0 Å². The first kappa shape index (κ1) is 13.4. The highest BCUT2D eigenvalue weighted by molar-refractivity contribution is 14.1. The third-order valence-electron chi connectivity index (χ3n) is 3.07. The number of aryl methyl sites for hydroxylation is 1. The molecule has 0 aliphatic rings. The van der Waals surface area contributed by atoms with E-state index in [2.05, 4.69) is 89.9 Å². The molecule has 0 amide bonds. The van der Waals surface area contributed by atoms with Crippen LogP contribution in [0.25, 0.3) is 0 Å². The number of halogens is 1. The van der Waals surface area contributed by atoms with Gasteiger partial charge in [0.15, 0.2) is 0 Å². The molecular formula is C16H18IN. The van der Waals surface area contributed by atoms with Gasteiger partial charge in [-0.15, -0.1) is 0 Å². The summed E-state index contributed by atoms with van der Waals surface area (Å²) in [6.45, 7) is 6.32. The van der Waals surface area contributed by atoms with Crippen molar-refractivity contribution in [3.05, 3.63) is 63.2 Å². The van der Waals surface area contributed by atoms with Crippen LogP contribution in [0.4, 0.5) is 5.69 Å². The lowest BCUT2D eigenvalue weighted by atomic mass is 10.1. The number of hydrogen-bond donors (Lipinski definition) is 0. The fraction of sp³-hybridized carbons (Fsp3) is 0.250. The number of rotatable bonds is 4. The molecule has 2 aromatic carbocycles. The summed E-state index contributed by atoms with van der Waals surface area (Å²) in [6.07, 6.45) is 0. The molecule has 0 aliphatic heterocycles. The molecular weight excluding hydrogens is 333 g/mol. The zero-order valence-corrected chi connectivity index (χ0v) is 13.0. The Morgan fingerprint density at radius 2 is 1.56 bits per heavy atom. The second-order valence-electron chi connectivity index (χ2n) is 4.48. The quantitative estimate of drug-likeness (QED) is 0.727. The van der Waals surface area contributed by atoms with Gasteiger partial charge in [-0.3, -0.25) is 0 Å². The highest BCUT2D eigenvalue weighted by atomic mass is 127. The van der Waals surface area contributed by atoms with Crippen LogP contribution in [0.1, 0.15) is 18.1 Å². The minimum absolute atomic E-state index is 0.969. The average molecular weight is 351 g/mol. The number of nitrogens with zero attached hydrogens (tertiary/aromatic N) is 1. The van der Waals surface area contributed by atoms with Crippen LogP contribution in [-0.2, 0) is 6.54 Å². The Morgan fingerprint density at radius 3 is 2.11 bits per heavy atom. The van der Waals surface area contributed by atoms with Gasteiger partial charge >= 0.3 is 0 Å². The van der Waals surface area contributed by atoms with Gasteiger partial charge in [0.25, 0.3) is 0 Å². The fourth-order valence-electron chi connectivity index (χ4n) is 1.95. The molecule has 0 radical (unpaired) electrons. The lowest BCUT2D eigenvalue weighted by Crippen LogP contribution is -2.21. The zero-order chi connectivity index (χ0) is 13.0. The van der Waals surface area contributed by atoms with E-state index >= 15 is 0 Å². The molecule has 0 fully saturated rings. The molecule has 0 bridgehead atoms. The van der Waals surface area contributed by atoms with Crippen LogP contribution in [0.3, 0.4) is 0 Å². The molecule has 0 atom stereocenters. The van der Waals surface area contributed by atoms with E-state index in [9.17, 15) is 0 Å². The summed E-state index contributed by atoms with van der Waals surface area (Å²) in [5.41, 5.74) is 3.96. The predicted octanol–water partition coefficient (Wildman–Crippen LogP) is 4.63. The molecule has 1 nitrogen and oxygen atoms in total. The molecule has 18 heavy (non-hydrogen) atoms. The first-order valence-electron chi connectivity index (χ1n) is 6.25. The minimum Gasteiger partial charge on any atom is -0.367 e. The van der Waals surface area contributed by atoms with Gasteiger partial charge < -0.3 is 4.90 Å². The van der Waals surface area contributed by atoms with Crippen molar-refractivity contribution < 1.29 is 0 Å². The Balaban J connectivity index is 2.14. The number of benzene rings is 2. The van der Waals surface area contributed by atoms with E-state index in [-0.39, 0.29) is 0 Å². The van der Waals surface area contributed by atoms with E-state index in [0.29, 0.717) is 0 Å². The van der Waals surface area contributed by atoms with Crippen LogP contribution >= 0.6 is 22.6 Å². The maximum atomic E-state index is 2.39. The molecule has 2 aromatic rings. The van der Waals surface area contributed by atoms with E-state index in [1.165, 1.54) is 20.4 Å². The summed E-state index contributed by atoms with van der Waals surface area (Å²) in [5, 5.41) is 0. The average Bonchev–Trinajstić information content (AvgIpc) is 2.39. The van der Waals surface area contributed by atoms with Gasteiger partial charge in [0.2, 0.25) is 0 Å². The van der Waals surface area contributed by atoms with E-state index in [1.54, 1.807) is 0 Å². The van der Waals surface area contributed by atoms with Crippen molar-refractivity contribution in [1.82, 2.24) is 0 Å². The summed E-state index contributed by atoms with van der Waals surface area (Å²) in [6, 6.07) is 17.5. The summed E-state index contributed by atoms with van der Waals surface area (Å²) in [5.74, 6) is 0. The SMILES string of the molecule is CCN(Cc1ccc(I)cc1)c1ccc(C)cc1. The summed E-state index contributed by atoms with van der Waals surface area (Å²) >= 11 is 2.34. The maximum Gasteiger partial charge on any atom is 0.0429 e. The van der Waals surface area contributed by atoms with Crippen LogP contribution in [0.5, 0.6) is 0 Å². The van der Waals surface area contributed by atoms with Gasteiger partial charge in [0, 0.05) is 22.3 Å². The Kier molecular flexibility index (Phi) is 4.64. The monoisotopic (exact) mass is 351 g/mol. The molecule has 0 saturated heterocycles. The van der Waals surface area contributed by atoms with Crippen molar-refractivity contribution in [3.63, 3.8) is 0 Å². The molecule has 0 heterocycles. The van der Waals surface area contributed by atoms with Crippen molar-refractivity contribution in [1.29, 1.82) is 0 Å². The van der Waals surface area contributed by atoms with E-state index in [1.807, 2.05) is 0 Å². The molecule has 0 unspecified atom stereocenters. The molecule has 2 rings (SSSR count). The molecule has 94 valence electrons. The molecule has 0 aliphatic carbocycles. The number of hydrogen-bond acceptors (Lipinski definition) is 1. The summed E-state index contributed by atoms with van der Waals surface area (Å²) in [7, 11) is 0. The second-order valence-corrected chi connectivity index (χ2v) is 5.72. The Hall–Kier alpha value is -1.03. The standard InChI is InChI=1S/C16H18IN/c1-3-18(16-10-4-13(2)5-11-16)12-14-6-8-15(17)9-7-14/h4-11H,3,12H2,1-2H3. The van der Waals surface area contributed by atoms with Crippen LogP contribution in [0, 0.1) is 10.5 Å². The molecule has 0 saturated carbocycles. The maximum absolute atomic E-state index is 2.39. The van der Waals surface area contributed by atoms with Crippen molar-refractivity contribution >= 4 is 28.3 Å². The van der Waals surface area contributed by atoms with Crippen molar-refractivity contribution in [2.75, 3.05) is 11.4 Å². The van der Waals surface area contributed by atoms with Gasteiger partial charge in [-0.05, 0) is 66.3 Å². The second kappa shape index (κ2) is 6.23. The van der Waals surface area contributed by atoms with Crippen molar-refractivity contribution in [2.24, 2.45) is 0 Å². The lowest BCUT2D eigenvalue weighted by molar-refractivity contribution is 0.831. The van der Waals surface area contributed by atoms with E-state index in [4.69, 9.17) is 0 Å². The van der Waals surface area contributed by atoms with Crippen molar-refractivity contribution in [2.45, 2.75) is 20.4 Å². The highest BCUT2D eigenvalue weighted by Crippen LogP contribution is 2.18. The van der Waals surface area contributed by atoms with Crippen LogP contribution in [0.2, 0.25) is 0 Å². The molecule has 2 heteroatoms. The molecule has 0 aromatic heterocycles. The Bertz CT molecular complexity index is 488. The summed E-state index contributed by atoms with van der Waals surface area (Å²) < 4.78 is 1.29. The lowest BCUT2D eigenvalue weighted by Gasteiger charge is -2.23. The van der Waals surface area contributed by atoms with Crippen molar-refractivity contribution in [3.8, 4) is 0 Å². The zero-order valence-electron chi connectivity index (χ0n) is 10.9. The molecule has 0 spiro atoms. The van der Waals surface area contributed by atoms with Crippen LogP contribution in [0.15, 0.2) is 48.5 Å². The topological polar surface area (TPSA) is 3.24 Å². The summed E-state index contributed by atoms with van der Waals surface area (Å²) in [4.78, 5) is 2.39. The Labute approximate surface area is 123 Å². The first-order chi connectivity index (χ1) is 8.69. The fourth-order valence-corrected chi connectivity index (χ4v) is 2.31. The number of anilines is 1. The first-order valence-corrected chi connectivity index (χ1v) is 7.33. The highest BCUT2D eigenvalue weighted by Gasteiger charge is 2.04. The third-order valence-corrected chi connectivity index (χ3v) is 3.79. The Morgan fingerprint density at radius 1 is 0.944 bits per heavy atom. The normalized spacial score (nSPS) is 10.4. The predicted molar refractivity (Wildman–Crippen MR) is 87.1 cm³/mol. The van der Waals surface area contributed by atoms with Gasteiger partial charge in [-0.1, -0.05) is 29.8 Å².